The Hall–Kier alpha value is -1.96. The molecule has 0 aliphatic carbocycles. The van der Waals surface area contributed by atoms with Crippen molar-refractivity contribution in [2.24, 2.45) is 0 Å². The summed E-state index contributed by atoms with van der Waals surface area (Å²) in [7, 11) is 0. The first-order chi connectivity index (χ1) is 9.04. The fraction of sp³-hybridized carbons (Fsp3) is 0.294. The molecule has 0 rings (SSSR count). The van der Waals surface area contributed by atoms with Crippen LogP contribution in [0.2, 0.25) is 0 Å². The Bertz CT molecular complexity index is 355. The molecule has 2 nitrogen and oxygen atoms in total. The lowest BCUT2D eigenvalue weighted by molar-refractivity contribution is 0.413. The summed E-state index contributed by atoms with van der Waals surface area (Å²) in [6.45, 7) is 20.1. The zero-order valence-electron chi connectivity index (χ0n) is 12.9. The second-order valence-corrected chi connectivity index (χ2v) is 2.87. The number of aliphatic hydroxyl groups excluding tert-OH is 2. The molecule has 0 saturated heterocycles. The second-order valence-electron chi connectivity index (χ2n) is 2.87. The summed E-state index contributed by atoms with van der Waals surface area (Å²) in [4.78, 5) is 0. The molecule has 0 aliphatic heterocycles. The van der Waals surface area contributed by atoms with Crippen LogP contribution in [0, 0.1) is 0 Å². The first-order valence-electron chi connectivity index (χ1n) is 6.44. The van der Waals surface area contributed by atoms with E-state index in [1.165, 1.54) is 12.2 Å². The molecule has 0 atom stereocenters. The second kappa shape index (κ2) is 16.0. The molecular formula is C17H28O2. The van der Waals surface area contributed by atoms with E-state index in [-0.39, 0.29) is 11.5 Å². The van der Waals surface area contributed by atoms with Crippen molar-refractivity contribution in [1.82, 2.24) is 0 Å². The summed E-state index contributed by atoms with van der Waals surface area (Å²) in [6, 6.07) is 0. The highest BCUT2D eigenvalue weighted by Gasteiger charge is 2.06. The molecule has 2 heteroatoms. The quantitative estimate of drug-likeness (QED) is 0.487. The average molecular weight is 264 g/mol. The van der Waals surface area contributed by atoms with E-state index in [1.54, 1.807) is 25.2 Å². The lowest BCUT2D eigenvalue weighted by Gasteiger charge is -2.06. The van der Waals surface area contributed by atoms with Crippen molar-refractivity contribution in [3.05, 3.63) is 72.8 Å². The van der Waals surface area contributed by atoms with Gasteiger partial charge in [0, 0.05) is 11.1 Å². The van der Waals surface area contributed by atoms with Crippen molar-refractivity contribution >= 4 is 0 Å². The highest BCUT2D eigenvalue weighted by Crippen LogP contribution is 2.19. The first-order valence-corrected chi connectivity index (χ1v) is 6.44. The van der Waals surface area contributed by atoms with Crippen LogP contribution < -0.4 is 0 Å². The van der Waals surface area contributed by atoms with Crippen LogP contribution in [0.1, 0.15) is 34.6 Å². The molecule has 0 aromatic rings. The van der Waals surface area contributed by atoms with Crippen LogP contribution in [-0.2, 0) is 0 Å². The average Bonchev–Trinajstić information content (AvgIpc) is 2.45. The van der Waals surface area contributed by atoms with E-state index in [0.29, 0.717) is 11.1 Å². The van der Waals surface area contributed by atoms with Crippen molar-refractivity contribution < 1.29 is 10.2 Å². The normalized spacial score (nSPS) is 11.3. The van der Waals surface area contributed by atoms with Gasteiger partial charge in [-0.2, -0.15) is 0 Å². The summed E-state index contributed by atoms with van der Waals surface area (Å²) in [5.74, 6) is -0.0517. The zero-order valence-corrected chi connectivity index (χ0v) is 12.9. The van der Waals surface area contributed by atoms with Gasteiger partial charge in [-0.25, -0.2) is 0 Å². The SMILES string of the molecule is C=C\C=C/C(O)=C(C)/C(=C/C=C)C(=C)O.CC.CC. The van der Waals surface area contributed by atoms with E-state index >= 15 is 0 Å². The first kappa shape index (κ1) is 22.2. The monoisotopic (exact) mass is 264 g/mol. The number of hydrogen-bond donors (Lipinski definition) is 2. The smallest absolute Gasteiger partial charge is 0.119 e. The third-order valence-electron chi connectivity index (χ3n) is 1.77. The molecule has 0 amide bonds. The van der Waals surface area contributed by atoms with Crippen LogP contribution in [0.3, 0.4) is 0 Å². The molecular weight excluding hydrogens is 236 g/mol. The Morgan fingerprint density at radius 3 is 1.74 bits per heavy atom. The Labute approximate surface area is 118 Å². The van der Waals surface area contributed by atoms with Gasteiger partial charge in [-0.15, -0.1) is 0 Å². The molecule has 0 bridgehead atoms. The Kier molecular flexibility index (Phi) is 18.8. The van der Waals surface area contributed by atoms with Crippen LogP contribution in [0.4, 0.5) is 0 Å². The minimum atomic E-state index is -0.106. The number of aliphatic hydroxyl groups is 2. The van der Waals surface area contributed by atoms with E-state index in [2.05, 4.69) is 19.7 Å². The van der Waals surface area contributed by atoms with Gasteiger partial charge in [-0.1, -0.05) is 71.7 Å². The summed E-state index contributed by atoms with van der Waals surface area (Å²) in [5.41, 5.74) is 0.983. The Morgan fingerprint density at radius 1 is 0.947 bits per heavy atom. The van der Waals surface area contributed by atoms with E-state index < -0.39 is 0 Å². The molecule has 2 N–H and O–H groups in total. The van der Waals surface area contributed by atoms with E-state index in [0.717, 1.165) is 0 Å². The predicted octanol–water partition coefficient (Wildman–Crippen LogP) is 5.80. The highest BCUT2D eigenvalue weighted by atomic mass is 16.3. The van der Waals surface area contributed by atoms with Gasteiger partial charge in [0.15, 0.2) is 0 Å². The molecule has 108 valence electrons. The molecule has 0 fully saturated rings. The fourth-order valence-electron chi connectivity index (χ4n) is 0.978. The molecule has 0 heterocycles. The Morgan fingerprint density at radius 2 is 1.42 bits per heavy atom. The van der Waals surface area contributed by atoms with Gasteiger partial charge in [-0.05, 0) is 13.0 Å². The highest BCUT2D eigenvalue weighted by molar-refractivity contribution is 5.46. The minimum absolute atomic E-state index is 0.0539. The number of allylic oxidation sites excluding steroid dienone is 6. The fourth-order valence-corrected chi connectivity index (χ4v) is 0.978. The lowest BCUT2D eigenvalue weighted by atomic mass is 10.0. The van der Waals surface area contributed by atoms with Crippen molar-refractivity contribution in [1.29, 1.82) is 0 Å². The summed E-state index contributed by atoms with van der Waals surface area (Å²) in [6.07, 6.45) is 7.74. The Balaban J connectivity index is -0.000000579. The van der Waals surface area contributed by atoms with Gasteiger partial charge in [0.2, 0.25) is 0 Å². The maximum absolute atomic E-state index is 9.61. The van der Waals surface area contributed by atoms with E-state index in [4.69, 9.17) is 0 Å². The zero-order chi connectivity index (χ0) is 15.8. The van der Waals surface area contributed by atoms with Gasteiger partial charge in [0.25, 0.3) is 0 Å². The third-order valence-corrected chi connectivity index (χ3v) is 1.77. The topological polar surface area (TPSA) is 40.5 Å². The van der Waals surface area contributed by atoms with Crippen molar-refractivity contribution in [2.45, 2.75) is 34.6 Å². The van der Waals surface area contributed by atoms with Crippen molar-refractivity contribution in [3.63, 3.8) is 0 Å². The van der Waals surface area contributed by atoms with Gasteiger partial charge < -0.3 is 10.2 Å². The van der Waals surface area contributed by atoms with Crippen molar-refractivity contribution in [2.75, 3.05) is 0 Å². The summed E-state index contributed by atoms with van der Waals surface area (Å²) in [5, 5.41) is 18.9. The lowest BCUT2D eigenvalue weighted by Crippen LogP contribution is -1.93. The van der Waals surface area contributed by atoms with Crippen LogP contribution >= 0.6 is 0 Å². The largest absolute Gasteiger partial charge is 0.508 e. The van der Waals surface area contributed by atoms with Crippen LogP contribution in [0.5, 0.6) is 0 Å². The third kappa shape index (κ3) is 10.9. The molecule has 0 saturated carbocycles. The van der Waals surface area contributed by atoms with E-state index in [9.17, 15) is 10.2 Å². The maximum atomic E-state index is 9.61. The van der Waals surface area contributed by atoms with Crippen molar-refractivity contribution in [3.8, 4) is 0 Å². The number of rotatable bonds is 5. The van der Waals surface area contributed by atoms with Gasteiger partial charge >= 0.3 is 0 Å². The number of hydrogen-bond acceptors (Lipinski definition) is 2. The molecule has 0 aromatic heterocycles. The minimum Gasteiger partial charge on any atom is -0.508 e. The molecule has 0 spiro atoms. The molecule has 0 unspecified atom stereocenters. The molecule has 0 aromatic carbocycles. The maximum Gasteiger partial charge on any atom is 0.119 e. The van der Waals surface area contributed by atoms with Crippen LogP contribution in [0.25, 0.3) is 0 Å². The van der Waals surface area contributed by atoms with Gasteiger partial charge in [-0.3, -0.25) is 0 Å². The van der Waals surface area contributed by atoms with Gasteiger partial charge in [0.1, 0.15) is 11.5 Å². The summed E-state index contributed by atoms with van der Waals surface area (Å²) >= 11 is 0. The molecule has 19 heavy (non-hydrogen) atoms. The standard InChI is InChI=1S/C13H16O2.2C2H6/c1-5-7-9-13(15)10(3)12(8-6-2)11(4)14;2*1-2/h5-9,14-15H,1-2,4H2,3H3;2*1-2H3/b9-7-,12-8-,13-10-;;. The molecule has 0 aliphatic rings. The summed E-state index contributed by atoms with van der Waals surface area (Å²) < 4.78 is 0. The van der Waals surface area contributed by atoms with E-state index in [1.807, 2.05) is 27.7 Å². The van der Waals surface area contributed by atoms with Crippen LogP contribution in [-0.4, -0.2) is 10.2 Å². The molecule has 0 radical (unpaired) electrons. The predicted molar refractivity (Wildman–Crippen MR) is 87.4 cm³/mol. The van der Waals surface area contributed by atoms with Crippen LogP contribution in [0.15, 0.2) is 72.8 Å². The van der Waals surface area contributed by atoms with Gasteiger partial charge in [0.05, 0.1) is 0 Å².